The summed E-state index contributed by atoms with van der Waals surface area (Å²) in [5.41, 5.74) is 1.21. The van der Waals surface area contributed by atoms with E-state index < -0.39 is 33.7 Å². The summed E-state index contributed by atoms with van der Waals surface area (Å²) in [5, 5.41) is 12.4. The second-order valence-electron chi connectivity index (χ2n) is 4.77. The Kier molecular flexibility index (Phi) is 4.43. The summed E-state index contributed by atoms with van der Waals surface area (Å²) >= 11 is 0. The van der Waals surface area contributed by atoms with E-state index in [1.54, 1.807) is 5.01 Å². The Labute approximate surface area is 119 Å². The quantitative estimate of drug-likeness (QED) is 0.659. The van der Waals surface area contributed by atoms with Gasteiger partial charge in [0.05, 0.1) is 11.0 Å². The van der Waals surface area contributed by atoms with Crippen molar-refractivity contribution in [1.29, 1.82) is 0 Å². The number of carbonyl (C=O) groups excluding carboxylic acids is 1. The molecule has 0 unspecified atom stereocenters. The zero-order chi connectivity index (χ0) is 15.6. The fourth-order valence-electron chi connectivity index (χ4n) is 1.99. The smallest absolute Gasteiger partial charge is 0.285 e. The average Bonchev–Trinajstić information content (AvgIpc) is 2.43. The Morgan fingerprint density at radius 1 is 1.24 bits per heavy atom. The van der Waals surface area contributed by atoms with Crippen LogP contribution >= 0.6 is 0 Å². The van der Waals surface area contributed by atoms with Gasteiger partial charge in [-0.15, -0.1) is 0 Å². The molecule has 7 nitrogen and oxygen atoms in total. The van der Waals surface area contributed by atoms with Crippen molar-refractivity contribution in [3.05, 3.63) is 39.4 Å². The van der Waals surface area contributed by atoms with Gasteiger partial charge in [-0.25, -0.2) is 13.8 Å². The van der Waals surface area contributed by atoms with Crippen LogP contribution in [-0.4, -0.2) is 54.0 Å². The third kappa shape index (κ3) is 3.50. The van der Waals surface area contributed by atoms with Gasteiger partial charge in [0, 0.05) is 26.2 Å². The number of hydrogen-bond acceptors (Lipinski definition) is 5. The van der Waals surface area contributed by atoms with Crippen molar-refractivity contribution in [2.45, 2.75) is 0 Å². The molecule has 0 aliphatic carbocycles. The van der Waals surface area contributed by atoms with E-state index in [0.717, 1.165) is 13.1 Å². The highest BCUT2D eigenvalue weighted by Gasteiger charge is 2.25. The molecule has 1 N–H and O–H groups in total. The van der Waals surface area contributed by atoms with Crippen LogP contribution in [0.5, 0.6) is 0 Å². The minimum Gasteiger partial charge on any atom is -0.304 e. The average molecular weight is 300 g/mol. The molecule has 1 aromatic rings. The van der Waals surface area contributed by atoms with E-state index in [-0.39, 0.29) is 0 Å². The molecular formula is C12H14F2N4O3. The number of nitrogens with one attached hydrogen (secondary N) is 1. The molecule has 1 fully saturated rings. The highest BCUT2D eigenvalue weighted by molar-refractivity contribution is 5.97. The van der Waals surface area contributed by atoms with Gasteiger partial charge in [-0.3, -0.25) is 20.3 Å². The Bertz CT molecular complexity index is 574. The lowest BCUT2D eigenvalue weighted by molar-refractivity contribution is -0.385. The monoisotopic (exact) mass is 300 g/mol. The summed E-state index contributed by atoms with van der Waals surface area (Å²) in [6, 6.07) is 0.951. The first-order valence-electron chi connectivity index (χ1n) is 6.26. The Hall–Kier alpha value is -2.13. The maximum absolute atomic E-state index is 13.2. The highest BCUT2D eigenvalue weighted by atomic mass is 19.2. The minimum absolute atomic E-state index is 0.411. The fourth-order valence-corrected chi connectivity index (χ4v) is 1.99. The van der Waals surface area contributed by atoms with E-state index in [1.165, 1.54) is 0 Å². The number of piperazine rings is 1. The van der Waals surface area contributed by atoms with E-state index in [4.69, 9.17) is 0 Å². The van der Waals surface area contributed by atoms with Gasteiger partial charge >= 0.3 is 0 Å². The zero-order valence-electron chi connectivity index (χ0n) is 11.3. The molecular weight excluding hydrogens is 286 g/mol. The van der Waals surface area contributed by atoms with Crippen molar-refractivity contribution in [3.8, 4) is 0 Å². The molecule has 1 aliphatic heterocycles. The molecule has 0 atom stereocenters. The topological polar surface area (TPSA) is 78.7 Å². The van der Waals surface area contributed by atoms with Gasteiger partial charge in [0.1, 0.15) is 5.56 Å². The Morgan fingerprint density at radius 3 is 2.38 bits per heavy atom. The molecule has 0 bridgehead atoms. The number of nitro groups is 1. The van der Waals surface area contributed by atoms with Gasteiger partial charge in [-0.1, -0.05) is 0 Å². The maximum atomic E-state index is 13.2. The lowest BCUT2D eigenvalue weighted by Gasteiger charge is -2.32. The fraction of sp³-hybridized carbons (Fsp3) is 0.417. The first-order valence-corrected chi connectivity index (χ1v) is 6.26. The number of rotatable bonds is 3. The minimum atomic E-state index is -1.36. The van der Waals surface area contributed by atoms with Crippen molar-refractivity contribution in [2.24, 2.45) is 0 Å². The lowest BCUT2D eigenvalue weighted by atomic mass is 10.1. The van der Waals surface area contributed by atoms with Gasteiger partial charge in [0.2, 0.25) is 0 Å². The summed E-state index contributed by atoms with van der Waals surface area (Å²) in [6.45, 7) is 2.53. The molecule has 0 aromatic heterocycles. The summed E-state index contributed by atoms with van der Waals surface area (Å²) in [6.07, 6.45) is 0. The van der Waals surface area contributed by atoms with Crippen LogP contribution in [0, 0.1) is 21.7 Å². The van der Waals surface area contributed by atoms with Crippen molar-refractivity contribution >= 4 is 11.6 Å². The van der Waals surface area contributed by atoms with E-state index in [0.29, 0.717) is 25.2 Å². The molecule has 114 valence electrons. The van der Waals surface area contributed by atoms with Crippen LogP contribution < -0.4 is 5.43 Å². The number of halogens is 2. The van der Waals surface area contributed by atoms with Crippen LogP contribution in [0.25, 0.3) is 0 Å². The number of hydrazine groups is 1. The predicted octanol–water partition coefficient (Wildman–Crippen LogP) is 0.765. The molecule has 1 aromatic carbocycles. The molecule has 2 rings (SSSR count). The van der Waals surface area contributed by atoms with Gasteiger partial charge in [0.15, 0.2) is 11.6 Å². The van der Waals surface area contributed by atoms with Crippen LogP contribution in [0.4, 0.5) is 14.5 Å². The van der Waals surface area contributed by atoms with Crippen molar-refractivity contribution < 1.29 is 18.5 Å². The second-order valence-corrected chi connectivity index (χ2v) is 4.77. The summed E-state index contributed by atoms with van der Waals surface area (Å²) in [7, 11) is 1.93. The molecule has 0 radical (unpaired) electrons. The predicted molar refractivity (Wildman–Crippen MR) is 69.5 cm³/mol. The third-order valence-corrected chi connectivity index (χ3v) is 3.24. The zero-order valence-corrected chi connectivity index (χ0v) is 11.3. The van der Waals surface area contributed by atoms with Crippen LogP contribution in [0.15, 0.2) is 12.1 Å². The Balaban J connectivity index is 2.18. The van der Waals surface area contributed by atoms with E-state index >= 15 is 0 Å². The van der Waals surface area contributed by atoms with E-state index in [2.05, 4.69) is 10.3 Å². The first-order chi connectivity index (χ1) is 9.88. The van der Waals surface area contributed by atoms with Gasteiger partial charge in [0.25, 0.3) is 11.6 Å². The number of carbonyl (C=O) groups is 1. The standard InChI is InChI=1S/C12H14F2N4O3/c1-16-2-4-17(5-3-16)15-12(19)8-6-9(13)10(14)7-11(8)18(20)21/h6-7H,2-5H2,1H3,(H,15,19). The SMILES string of the molecule is CN1CCN(NC(=O)c2cc(F)c(F)cc2[N+](=O)[O-])CC1. The van der Waals surface area contributed by atoms with E-state index in [1.807, 2.05) is 7.05 Å². The van der Waals surface area contributed by atoms with Gasteiger partial charge < -0.3 is 4.90 Å². The second kappa shape index (κ2) is 6.10. The van der Waals surface area contributed by atoms with Crippen molar-refractivity contribution in [2.75, 3.05) is 33.2 Å². The van der Waals surface area contributed by atoms with Crippen LogP contribution in [0.1, 0.15) is 10.4 Å². The lowest BCUT2D eigenvalue weighted by Crippen LogP contribution is -2.52. The molecule has 1 aliphatic rings. The molecule has 21 heavy (non-hydrogen) atoms. The maximum Gasteiger partial charge on any atom is 0.285 e. The summed E-state index contributed by atoms with van der Waals surface area (Å²) < 4.78 is 26.3. The van der Waals surface area contributed by atoms with Crippen LogP contribution in [-0.2, 0) is 0 Å². The first kappa shape index (κ1) is 15.3. The molecule has 1 amide bonds. The van der Waals surface area contributed by atoms with Gasteiger partial charge in [-0.05, 0) is 13.1 Å². The number of likely N-dealkylation sites (N-methyl/N-ethyl adjacent to an activating group) is 1. The van der Waals surface area contributed by atoms with Crippen LogP contribution in [0.2, 0.25) is 0 Å². The largest absolute Gasteiger partial charge is 0.304 e. The van der Waals surface area contributed by atoms with E-state index in [9.17, 15) is 23.7 Å². The normalized spacial score (nSPS) is 16.7. The van der Waals surface area contributed by atoms with Crippen LogP contribution in [0.3, 0.4) is 0 Å². The third-order valence-electron chi connectivity index (χ3n) is 3.24. The number of amides is 1. The molecule has 0 spiro atoms. The molecule has 0 saturated carbocycles. The Morgan fingerprint density at radius 2 is 1.81 bits per heavy atom. The summed E-state index contributed by atoms with van der Waals surface area (Å²) in [5.74, 6) is -3.49. The summed E-state index contributed by atoms with van der Waals surface area (Å²) in [4.78, 5) is 24.0. The number of benzene rings is 1. The van der Waals surface area contributed by atoms with Crippen molar-refractivity contribution in [3.63, 3.8) is 0 Å². The molecule has 1 heterocycles. The molecule has 1 saturated heterocycles. The number of nitro benzene ring substituents is 1. The van der Waals surface area contributed by atoms with Gasteiger partial charge in [-0.2, -0.15) is 0 Å². The van der Waals surface area contributed by atoms with Crippen molar-refractivity contribution in [1.82, 2.24) is 15.3 Å². The highest BCUT2D eigenvalue weighted by Crippen LogP contribution is 2.22. The number of hydrogen-bond donors (Lipinski definition) is 1. The molecule has 9 heteroatoms. The number of nitrogens with zero attached hydrogens (tertiary/aromatic N) is 3.